The molecule has 0 aromatic carbocycles. The molecule has 0 radical (unpaired) electrons. The second-order valence-corrected chi connectivity index (χ2v) is 7.57. The highest BCUT2D eigenvalue weighted by atomic mass is 16.3. The molecule has 1 heterocycles. The molecule has 4 aliphatic rings. The summed E-state index contributed by atoms with van der Waals surface area (Å²) >= 11 is 0. The Hall–Kier alpha value is -0.800. The van der Waals surface area contributed by atoms with Gasteiger partial charge in [-0.1, -0.05) is 0 Å². The number of hydrogen-bond acceptors (Lipinski definition) is 3. The lowest BCUT2D eigenvalue weighted by atomic mass is 9.52. The highest BCUT2D eigenvalue weighted by Gasteiger charge is 2.52. The molecule has 0 spiro atoms. The number of nitrogens with zero attached hydrogens (tertiary/aromatic N) is 1. The number of rotatable bonds is 4. The number of nitrogens with two attached hydrogens (primary N) is 1. The summed E-state index contributed by atoms with van der Waals surface area (Å²) in [5.41, 5.74) is 7.42. The van der Waals surface area contributed by atoms with Crippen LogP contribution in [0.4, 0.5) is 0 Å². The van der Waals surface area contributed by atoms with Crippen molar-refractivity contribution >= 4 is 0 Å². The van der Waals surface area contributed by atoms with Crippen LogP contribution >= 0.6 is 0 Å². The van der Waals surface area contributed by atoms with E-state index in [0.717, 1.165) is 30.1 Å². The topological polar surface area (TPSA) is 42.4 Å². The fourth-order valence-electron chi connectivity index (χ4n) is 5.60. The van der Waals surface area contributed by atoms with Crippen molar-refractivity contribution in [2.24, 2.45) is 23.5 Å². The fraction of sp³-hybridized carbons (Fsp3) is 0.765. The van der Waals surface area contributed by atoms with E-state index in [0.29, 0.717) is 12.1 Å². The minimum Gasteiger partial charge on any atom is -0.468 e. The summed E-state index contributed by atoms with van der Waals surface area (Å²) in [6.45, 7) is 1.51. The molecule has 2 N–H and O–H groups in total. The standard InChI is InChI=1S/C17H26N2O/c1-19(11-16-15(10-18)2-3-20-16)17-7-12-4-13(8-17)6-14(5-12)9-17/h2-3,12-14H,4-11,18H2,1H3. The first-order valence-corrected chi connectivity index (χ1v) is 8.15. The lowest BCUT2D eigenvalue weighted by Gasteiger charge is -2.60. The molecule has 1 aromatic heterocycles. The Morgan fingerprint density at radius 1 is 1.20 bits per heavy atom. The number of hydrogen-bond donors (Lipinski definition) is 1. The van der Waals surface area contributed by atoms with Crippen LogP contribution in [0.1, 0.15) is 49.8 Å². The highest BCUT2D eigenvalue weighted by molar-refractivity contribution is 5.17. The minimum absolute atomic E-state index is 0.452. The first kappa shape index (κ1) is 12.9. The maximum absolute atomic E-state index is 5.80. The predicted molar refractivity (Wildman–Crippen MR) is 79.0 cm³/mol. The van der Waals surface area contributed by atoms with Gasteiger partial charge in [0, 0.05) is 17.6 Å². The highest BCUT2D eigenvalue weighted by Crippen LogP contribution is 2.57. The molecule has 5 rings (SSSR count). The van der Waals surface area contributed by atoms with Gasteiger partial charge in [0.25, 0.3) is 0 Å². The van der Waals surface area contributed by atoms with Gasteiger partial charge in [-0.2, -0.15) is 0 Å². The maximum Gasteiger partial charge on any atom is 0.122 e. The Morgan fingerprint density at radius 2 is 1.80 bits per heavy atom. The Bertz CT molecular complexity index is 458. The van der Waals surface area contributed by atoms with Crippen LogP contribution in [0.25, 0.3) is 0 Å². The normalized spacial score (nSPS) is 38.9. The lowest BCUT2D eigenvalue weighted by molar-refractivity contribution is -0.0838. The van der Waals surface area contributed by atoms with Crippen LogP contribution in [-0.2, 0) is 13.1 Å². The van der Waals surface area contributed by atoms with Gasteiger partial charge in [0.05, 0.1) is 12.8 Å². The van der Waals surface area contributed by atoms with Gasteiger partial charge < -0.3 is 10.2 Å². The summed E-state index contributed by atoms with van der Waals surface area (Å²) in [6.07, 6.45) is 10.5. The summed E-state index contributed by atoms with van der Waals surface area (Å²) in [6, 6.07) is 2.02. The van der Waals surface area contributed by atoms with E-state index in [1.165, 1.54) is 44.1 Å². The third-order valence-electron chi connectivity index (χ3n) is 6.25. The van der Waals surface area contributed by atoms with Crippen molar-refractivity contribution in [3.8, 4) is 0 Å². The molecule has 4 fully saturated rings. The van der Waals surface area contributed by atoms with Crippen LogP contribution < -0.4 is 5.73 Å². The van der Waals surface area contributed by atoms with Crippen molar-refractivity contribution in [2.45, 2.75) is 57.2 Å². The van der Waals surface area contributed by atoms with Gasteiger partial charge in [0.15, 0.2) is 0 Å². The smallest absolute Gasteiger partial charge is 0.122 e. The third-order valence-corrected chi connectivity index (χ3v) is 6.25. The third kappa shape index (κ3) is 1.94. The molecular weight excluding hydrogens is 248 g/mol. The van der Waals surface area contributed by atoms with E-state index >= 15 is 0 Å². The van der Waals surface area contributed by atoms with E-state index in [4.69, 9.17) is 10.2 Å². The molecule has 0 amide bonds. The quantitative estimate of drug-likeness (QED) is 0.917. The Kier molecular flexibility index (Phi) is 2.97. The van der Waals surface area contributed by atoms with Gasteiger partial charge in [0.1, 0.15) is 5.76 Å². The number of furan rings is 1. The van der Waals surface area contributed by atoms with Gasteiger partial charge in [-0.25, -0.2) is 0 Å². The van der Waals surface area contributed by atoms with Crippen LogP contribution in [-0.4, -0.2) is 17.5 Å². The van der Waals surface area contributed by atoms with Crippen LogP contribution in [0.5, 0.6) is 0 Å². The molecule has 0 saturated heterocycles. The average Bonchev–Trinajstić information content (AvgIpc) is 2.84. The van der Waals surface area contributed by atoms with Crippen LogP contribution in [0, 0.1) is 17.8 Å². The molecule has 4 aliphatic carbocycles. The van der Waals surface area contributed by atoms with E-state index in [1.54, 1.807) is 6.26 Å². The van der Waals surface area contributed by atoms with Crippen molar-refractivity contribution in [1.29, 1.82) is 0 Å². The molecule has 1 aromatic rings. The molecule has 0 atom stereocenters. The average molecular weight is 274 g/mol. The minimum atomic E-state index is 0.452. The van der Waals surface area contributed by atoms with Crippen molar-refractivity contribution < 1.29 is 4.42 Å². The first-order valence-electron chi connectivity index (χ1n) is 8.15. The zero-order valence-corrected chi connectivity index (χ0v) is 12.5. The Morgan fingerprint density at radius 3 is 2.35 bits per heavy atom. The second kappa shape index (κ2) is 4.60. The molecule has 4 saturated carbocycles. The lowest BCUT2D eigenvalue weighted by Crippen LogP contribution is -2.58. The second-order valence-electron chi connectivity index (χ2n) is 7.57. The maximum atomic E-state index is 5.80. The van der Waals surface area contributed by atoms with E-state index in [2.05, 4.69) is 11.9 Å². The summed E-state index contributed by atoms with van der Waals surface area (Å²) in [7, 11) is 2.30. The van der Waals surface area contributed by atoms with E-state index in [1.807, 2.05) is 6.07 Å². The van der Waals surface area contributed by atoms with Gasteiger partial charge in [0.2, 0.25) is 0 Å². The SMILES string of the molecule is CN(Cc1occc1CN)C12CC3CC(CC(C3)C1)C2. The fourth-order valence-corrected chi connectivity index (χ4v) is 5.60. The molecule has 4 bridgehead atoms. The van der Waals surface area contributed by atoms with Gasteiger partial charge >= 0.3 is 0 Å². The van der Waals surface area contributed by atoms with Gasteiger partial charge in [-0.3, -0.25) is 4.90 Å². The zero-order chi connectivity index (χ0) is 13.7. The van der Waals surface area contributed by atoms with Crippen LogP contribution in [0.2, 0.25) is 0 Å². The summed E-state index contributed by atoms with van der Waals surface area (Å²) in [5, 5.41) is 0. The van der Waals surface area contributed by atoms with E-state index in [9.17, 15) is 0 Å². The molecule has 0 unspecified atom stereocenters. The zero-order valence-electron chi connectivity index (χ0n) is 12.5. The summed E-state index contributed by atoms with van der Waals surface area (Å²) in [4.78, 5) is 2.59. The van der Waals surface area contributed by atoms with Crippen molar-refractivity contribution in [3.63, 3.8) is 0 Å². The molecular formula is C17H26N2O. The monoisotopic (exact) mass is 274 g/mol. The summed E-state index contributed by atoms with van der Waals surface area (Å²) in [5.74, 6) is 4.06. The van der Waals surface area contributed by atoms with Crippen molar-refractivity contribution in [2.75, 3.05) is 7.05 Å². The van der Waals surface area contributed by atoms with E-state index in [-0.39, 0.29) is 0 Å². The van der Waals surface area contributed by atoms with Crippen molar-refractivity contribution in [1.82, 2.24) is 4.90 Å². The Balaban J connectivity index is 1.55. The molecule has 20 heavy (non-hydrogen) atoms. The van der Waals surface area contributed by atoms with Crippen molar-refractivity contribution in [3.05, 3.63) is 23.7 Å². The molecule has 3 nitrogen and oxygen atoms in total. The Labute approximate surface area is 121 Å². The first-order chi connectivity index (χ1) is 9.68. The summed E-state index contributed by atoms with van der Waals surface area (Å²) < 4.78 is 5.67. The largest absolute Gasteiger partial charge is 0.468 e. The van der Waals surface area contributed by atoms with Gasteiger partial charge in [-0.05, 0) is 69.4 Å². The van der Waals surface area contributed by atoms with E-state index < -0.39 is 0 Å². The molecule has 0 aliphatic heterocycles. The predicted octanol–water partition coefficient (Wildman–Crippen LogP) is 3.14. The van der Waals surface area contributed by atoms with Gasteiger partial charge in [-0.15, -0.1) is 0 Å². The van der Waals surface area contributed by atoms with Crippen LogP contribution in [0.15, 0.2) is 16.7 Å². The molecule has 110 valence electrons. The van der Waals surface area contributed by atoms with Crippen LogP contribution in [0.3, 0.4) is 0 Å². The molecule has 3 heteroatoms.